The van der Waals surface area contributed by atoms with E-state index in [-0.39, 0.29) is 22.8 Å². The van der Waals surface area contributed by atoms with Gasteiger partial charge in [0, 0.05) is 17.5 Å². The van der Waals surface area contributed by atoms with Crippen molar-refractivity contribution in [2.45, 2.75) is 40.0 Å². The fraction of sp³-hybridized carbons (Fsp3) is 0.421. The highest BCUT2D eigenvalue weighted by molar-refractivity contribution is 5.98. The lowest BCUT2D eigenvalue weighted by atomic mass is 9.71. The molecule has 0 fully saturated rings. The van der Waals surface area contributed by atoms with Crippen molar-refractivity contribution in [2.24, 2.45) is 22.2 Å². The van der Waals surface area contributed by atoms with Crippen LogP contribution in [0.4, 0.5) is 4.39 Å². The van der Waals surface area contributed by atoms with Crippen molar-refractivity contribution >= 4 is 11.8 Å². The minimum atomic E-state index is -0.713. The van der Waals surface area contributed by atoms with Crippen LogP contribution in [0.15, 0.2) is 33.9 Å². The molecule has 2 N–H and O–H groups in total. The number of fused-ring (bicyclic) bond motifs is 1. The molecule has 0 amide bonds. The summed E-state index contributed by atoms with van der Waals surface area (Å²) in [6, 6.07) is 5.40. The van der Waals surface area contributed by atoms with Gasteiger partial charge in [-0.3, -0.25) is 0 Å². The van der Waals surface area contributed by atoms with Crippen molar-refractivity contribution in [2.75, 3.05) is 0 Å². The van der Waals surface area contributed by atoms with Crippen molar-refractivity contribution in [3.05, 3.63) is 52.7 Å². The third-order valence-corrected chi connectivity index (χ3v) is 4.82. The molecular formula is C19H22FN3O3. The second kappa shape index (κ2) is 6.90. The molecule has 1 unspecified atom stereocenters. The van der Waals surface area contributed by atoms with Crippen LogP contribution in [0.1, 0.15) is 54.6 Å². The monoisotopic (exact) mass is 359 g/mol. The van der Waals surface area contributed by atoms with Crippen LogP contribution in [-0.4, -0.2) is 17.0 Å². The lowest BCUT2D eigenvalue weighted by Gasteiger charge is -2.33. The molecule has 6 nitrogen and oxygen atoms in total. The van der Waals surface area contributed by atoms with Gasteiger partial charge in [0.1, 0.15) is 11.6 Å². The van der Waals surface area contributed by atoms with Crippen LogP contribution in [0.3, 0.4) is 0 Å². The minimum absolute atomic E-state index is 0.0247. The molecule has 1 aromatic carbocycles. The number of carbonyl (C=O) groups is 1. The molecule has 0 saturated carbocycles. The molecule has 0 spiro atoms. The highest BCUT2D eigenvalue weighted by Crippen LogP contribution is 2.38. The van der Waals surface area contributed by atoms with Gasteiger partial charge in [-0.2, -0.15) is 0 Å². The quantitative estimate of drug-likeness (QED) is 0.392. The zero-order chi connectivity index (χ0) is 18.9. The fourth-order valence-corrected chi connectivity index (χ4v) is 3.11. The molecule has 0 radical (unpaired) electrons. The van der Waals surface area contributed by atoms with E-state index >= 15 is 0 Å². The Morgan fingerprint density at radius 2 is 2.04 bits per heavy atom. The second-order valence-corrected chi connectivity index (χ2v) is 7.60. The van der Waals surface area contributed by atoms with Gasteiger partial charge in [0.2, 0.25) is 0 Å². The molecule has 3 rings (SSSR count). The molecular weight excluding hydrogens is 337 g/mol. The first-order valence-corrected chi connectivity index (χ1v) is 8.54. The zero-order valence-electron chi connectivity index (χ0n) is 15.1. The molecule has 0 bridgehead atoms. The summed E-state index contributed by atoms with van der Waals surface area (Å²) in [6.07, 6.45) is 2.46. The SMILES string of the molecule is CC(C)(C)C1CCc2onc(C(=O)O/N=C(\N)c3ccc(F)cc3)c2C1. The molecule has 1 aliphatic rings. The fourth-order valence-electron chi connectivity index (χ4n) is 3.11. The van der Waals surface area contributed by atoms with Crippen molar-refractivity contribution in [1.82, 2.24) is 5.16 Å². The van der Waals surface area contributed by atoms with Gasteiger partial charge in [0.15, 0.2) is 11.5 Å². The number of amidine groups is 1. The highest BCUT2D eigenvalue weighted by Gasteiger charge is 2.34. The van der Waals surface area contributed by atoms with E-state index < -0.39 is 5.97 Å². The van der Waals surface area contributed by atoms with Crippen molar-refractivity contribution in [3.63, 3.8) is 0 Å². The van der Waals surface area contributed by atoms with Gasteiger partial charge in [-0.15, -0.1) is 0 Å². The first-order chi connectivity index (χ1) is 12.3. The summed E-state index contributed by atoms with van der Waals surface area (Å²) in [6.45, 7) is 6.55. The van der Waals surface area contributed by atoms with Crippen LogP contribution in [-0.2, 0) is 17.7 Å². The van der Waals surface area contributed by atoms with E-state index in [1.54, 1.807) is 0 Å². The lowest BCUT2D eigenvalue weighted by molar-refractivity contribution is 0.0502. The first-order valence-electron chi connectivity index (χ1n) is 8.54. The highest BCUT2D eigenvalue weighted by atomic mass is 19.1. The van der Waals surface area contributed by atoms with E-state index in [9.17, 15) is 9.18 Å². The Bertz CT molecular complexity index is 835. The van der Waals surface area contributed by atoms with Crippen molar-refractivity contribution in [3.8, 4) is 0 Å². The Hall–Kier alpha value is -2.70. The van der Waals surface area contributed by atoms with Gasteiger partial charge in [0.25, 0.3) is 0 Å². The van der Waals surface area contributed by atoms with Crippen LogP contribution < -0.4 is 5.73 Å². The summed E-state index contributed by atoms with van der Waals surface area (Å²) in [7, 11) is 0. The number of benzene rings is 1. The Labute approximate surface area is 151 Å². The maximum Gasteiger partial charge on any atom is 0.387 e. The second-order valence-electron chi connectivity index (χ2n) is 7.60. The molecule has 7 heteroatoms. The topological polar surface area (TPSA) is 90.7 Å². The summed E-state index contributed by atoms with van der Waals surface area (Å²) in [5, 5.41) is 7.50. The molecule has 1 aromatic heterocycles. The predicted molar refractivity (Wildman–Crippen MR) is 94.0 cm³/mol. The average Bonchev–Trinajstić information content (AvgIpc) is 3.02. The number of nitrogens with zero attached hydrogens (tertiary/aromatic N) is 2. The standard InChI is InChI=1S/C19H22FN3O3/c1-19(2,3)12-6-9-15-14(10-12)16(22-25-15)18(24)26-23-17(21)11-4-7-13(20)8-5-11/h4-5,7-8,12H,6,9-10H2,1-3H3,(H2,21,23). The summed E-state index contributed by atoms with van der Waals surface area (Å²) in [5.74, 6) is 0.0285. The molecule has 1 heterocycles. The summed E-state index contributed by atoms with van der Waals surface area (Å²) >= 11 is 0. The van der Waals surface area contributed by atoms with E-state index in [1.165, 1.54) is 24.3 Å². The number of nitrogens with two attached hydrogens (primary N) is 1. The minimum Gasteiger partial charge on any atom is -0.380 e. The van der Waals surface area contributed by atoms with Crippen LogP contribution >= 0.6 is 0 Å². The van der Waals surface area contributed by atoms with Crippen LogP contribution in [0.25, 0.3) is 0 Å². The molecule has 138 valence electrons. The largest absolute Gasteiger partial charge is 0.387 e. The Morgan fingerprint density at radius 1 is 1.35 bits per heavy atom. The molecule has 1 atom stereocenters. The van der Waals surface area contributed by atoms with Crippen LogP contribution in [0, 0.1) is 17.2 Å². The number of carbonyl (C=O) groups excluding carboxylic acids is 1. The number of halogens is 1. The van der Waals surface area contributed by atoms with Crippen LogP contribution in [0.2, 0.25) is 0 Å². The van der Waals surface area contributed by atoms with E-state index in [0.717, 1.165) is 24.2 Å². The van der Waals surface area contributed by atoms with Crippen LogP contribution in [0.5, 0.6) is 0 Å². The molecule has 26 heavy (non-hydrogen) atoms. The number of aryl methyl sites for hydroxylation is 1. The normalized spacial score (nSPS) is 17.7. The molecule has 2 aromatic rings. The van der Waals surface area contributed by atoms with Gasteiger partial charge in [-0.1, -0.05) is 31.1 Å². The van der Waals surface area contributed by atoms with E-state index in [2.05, 4.69) is 31.1 Å². The van der Waals surface area contributed by atoms with Crippen molar-refractivity contribution in [1.29, 1.82) is 0 Å². The Kier molecular flexibility index (Phi) is 4.80. The van der Waals surface area contributed by atoms with Gasteiger partial charge < -0.3 is 15.1 Å². The Morgan fingerprint density at radius 3 is 2.69 bits per heavy atom. The van der Waals surface area contributed by atoms with Gasteiger partial charge >= 0.3 is 5.97 Å². The third-order valence-electron chi connectivity index (χ3n) is 4.82. The number of hydrogen-bond acceptors (Lipinski definition) is 5. The van der Waals surface area contributed by atoms with Gasteiger partial charge in [-0.05, 0) is 48.4 Å². The summed E-state index contributed by atoms with van der Waals surface area (Å²) in [5.41, 5.74) is 7.28. The molecule has 1 aliphatic carbocycles. The van der Waals surface area contributed by atoms with E-state index in [0.29, 0.717) is 17.9 Å². The molecule has 0 saturated heterocycles. The maximum absolute atomic E-state index is 12.9. The maximum atomic E-state index is 12.9. The van der Waals surface area contributed by atoms with Gasteiger partial charge in [0.05, 0.1) is 0 Å². The number of oxime groups is 1. The van der Waals surface area contributed by atoms with E-state index in [1.807, 2.05) is 0 Å². The summed E-state index contributed by atoms with van der Waals surface area (Å²) < 4.78 is 18.2. The molecule has 0 aliphatic heterocycles. The smallest absolute Gasteiger partial charge is 0.380 e. The lowest BCUT2D eigenvalue weighted by Crippen LogP contribution is -2.27. The van der Waals surface area contributed by atoms with Crippen molar-refractivity contribution < 1.29 is 18.5 Å². The first kappa shape index (κ1) is 18.1. The average molecular weight is 359 g/mol. The summed E-state index contributed by atoms with van der Waals surface area (Å²) in [4.78, 5) is 17.3. The van der Waals surface area contributed by atoms with E-state index in [4.69, 9.17) is 15.1 Å². The zero-order valence-corrected chi connectivity index (χ0v) is 15.1. The number of aromatic nitrogens is 1. The number of hydrogen-bond donors (Lipinski definition) is 1. The number of rotatable bonds is 3. The predicted octanol–water partition coefficient (Wildman–Crippen LogP) is 3.44. The van der Waals surface area contributed by atoms with Gasteiger partial charge in [-0.25, -0.2) is 9.18 Å². The third kappa shape index (κ3) is 3.76. The Balaban J connectivity index is 1.74.